The van der Waals surface area contributed by atoms with Gasteiger partial charge in [0.25, 0.3) is 0 Å². The van der Waals surface area contributed by atoms with Gasteiger partial charge in [-0.25, -0.2) is 9.59 Å². The largest absolute Gasteiger partial charge is 0.444 e. The number of amides is 3. The Labute approximate surface area is 185 Å². The summed E-state index contributed by atoms with van der Waals surface area (Å²) in [6, 6.07) is 5.94. The van der Waals surface area contributed by atoms with Crippen molar-refractivity contribution in [3.8, 4) is 0 Å². The number of urea groups is 1. The Morgan fingerprint density at radius 2 is 1.68 bits per heavy atom. The maximum Gasteiger partial charge on any atom is 0.410 e. The summed E-state index contributed by atoms with van der Waals surface area (Å²) in [5.41, 5.74) is 2.65. The number of nitrogens with zero attached hydrogens (tertiary/aromatic N) is 1. The van der Waals surface area contributed by atoms with Gasteiger partial charge in [-0.3, -0.25) is 0 Å². The summed E-state index contributed by atoms with van der Waals surface area (Å²) in [5.74, 6) is 2.43. The number of hydrogen-bond donors (Lipinski definition) is 2. The smallest absolute Gasteiger partial charge is 0.410 e. The highest BCUT2D eigenvalue weighted by atomic mass is 16.6. The minimum atomic E-state index is -0.491. The number of carbonyl (C=O) groups is 2. The highest BCUT2D eigenvalue weighted by molar-refractivity contribution is 5.90. The van der Waals surface area contributed by atoms with Gasteiger partial charge in [0.1, 0.15) is 5.60 Å². The number of benzene rings is 1. The van der Waals surface area contributed by atoms with E-state index >= 15 is 0 Å². The van der Waals surface area contributed by atoms with Crippen molar-refractivity contribution < 1.29 is 14.3 Å². The average Bonchev–Trinajstić information content (AvgIpc) is 2.64. The van der Waals surface area contributed by atoms with Crippen LogP contribution in [0.4, 0.5) is 15.3 Å². The van der Waals surface area contributed by atoms with Crippen molar-refractivity contribution in [1.29, 1.82) is 0 Å². The molecule has 4 bridgehead atoms. The molecular weight excluding hydrogens is 390 g/mol. The molecule has 2 N–H and O–H groups in total. The van der Waals surface area contributed by atoms with E-state index in [2.05, 4.69) is 16.7 Å². The maximum atomic E-state index is 12.8. The third-order valence-corrected chi connectivity index (χ3v) is 7.55. The van der Waals surface area contributed by atoms with Gasteiger partial charge in [-0.15, -0.1) is 0 Å². The molecule has 1 aromatic rings. The minimum absolute atomic E-state index is 0.0148. The molecule has 0 spiro atoms. The summed E-state index contributed by atoms with van der Waals surface area (Å²) >= 11 is 0. The van der Waals surface area contributed by atoms with E-state index in [1.165, 1.54) is 24.8 Å². The van der Waals surface area contributed by atoms with Crippen LogP contribution >= 0.6 is 0 Å². The summed E-state index contributed by atoms with van der Waals surface area (Å²) in [7, 11) is 0. The fourth-order valence-corrected chi connectivity index (χ4v) is 6.78. The van der Waals surface area contributed by atoms with Gasteiger partial charge >= 0.3 is 12.1 Å². The Morgan fingerprint density at radius 1 is 1.03 bits per heavy atom. The predicted molar refractivity (Wildman–Crippen MR) is 120 cm³/mol. The van der Waals surface area contributed by atoms with Crippen molar-refractivity contribution in [2.45, 2.75) is 83.4 Å². The first-order valence-corrected chi connectivity index (χ1v) is 11.9. The van der Waals surface area contributed by atoms with Gasteiger partial charge in [0.15, 0.2) is 0 Å². The third kappa shape index (κ3) is 4.39. The van der Waals surface area contributed by atoms with Crippen LogP contribution in [0.1, 0.15) is 70.4 Å². The molecule has 1 heterocycles. The van der Waals surface area contributed by atoms with Crippen molar-refractivity contribution >= 4 is 17.8 Å². The van der Waals surface area contributed by atoms with Gasteiger partial charge < -0.3 is 20.3 Å². The molecule has 4 saturated carbocycles. The van der Waals surface area contributed by atoms with E-state index in [-0.39, 0.29) is 17.7 Å². The first kappa shape index (κ1) is 20.7. The van der Waals surface area contributed by atoms with Crippen molar-refractivity contribution in [3.05, 3.63) is 29.3 Å². The van der Waals surface area contributed by atoms with Gasteiger partial charge in [-0.2, -0.15) is 0 Å². The highest BCUT2D eigenvalue weighted by Crippen LogP contribution is 2.55. The highest BCUT2D eigenvalue weighted by Gasteiger charge is 2.51. The molecule has 31 heavy (non-hydrogen) atoms. The Kier molecular flexibility index (Phi) is 4.94. The molecule has 4 fully saturated rings. The molecule has 3 amide bonds. The molecule has 6 rings (SSSR count). The Bertz CT molecular complexity index is 853. The Hall–Kier alpha value is -2.24. The molecule has 0 saturated heterocycles. The zero-order chi connectivity index (χ0) is 21.8. The number of anilines is 1. The summed E-state index contributed by atoms with van der Waals surface area (Å²) in [4.78, 5) is 27.0. The Morgan fingerprint density at radius 3 is 2.29 bits per heavy atom. The summed E-state index contributed by atoms with van der Waals surface area (Å²) in [6.07, 6.45) is 8.05. The fraction of sp³-hybridized carbons (Fsp3) is 0.680. The van der Waals surface area contributed by atoms with Gasteiger partial charge in [-0.1, -0.05) is 6.07 Å². The number of carbonyl (C=O) groups excluding carboxylic acids is 2. The number of nitrogens with one attached hydrogen (secondary N) is 2. The van der Waals surface area contributed by atoms with E-state index in [1.54, 1.807) is 4.90 Å². The van der Waals surface area contributed by atoms with Gasteiger partial charge in [-0.05, 0) is 107 Å². The number of ether oxygens (including phenoxy) is 1. The lowest BCUT2D eigenvalue weighted by Crippen LogP contribution is -2.60. The van der Waals surface area contributed by atoms with Gasteiger partial charge in [0.05, 0.1) is 0 Å². The molecule has 0 radical (unpaired) electrons. The molecule has 6 heteroatoms. The first-order valence-electron chi connectivity index (χ1n) is 11.9. The average molecular weight is 426 g/mol. The molecular formula is C25H35N3O3. The molecule has 0 unspecified atom stereocenters. The van der Waals surface area contributed by atoms with Crippen LogP contribution in [0.15, 0.2) is 18.2 Å². The second-order valence-electron chi connectivity index (χ2n) is 11.4. The van der Waals surface area contributed by atoms with Crippen molar-refractivity contribution in [2.75, 3.05) is 11.9 Å². The number of fused-ring (bicyclic) bond motifs is 1. The van der Waals surface area contributed by atoms with Gasteiger partial charge in [0, 0.05) is 24.3 Å². The van der Waals surface area contributed by atoms with Crippen LogP contribution in [0.5, 0.6) is 0 Å². The van der Waals surface area contributed by atoms with Crippen molar-refractivity contribution in [3.63, 3.8) is 0 Å². The molecule has 1 aromatic carbocycles. The van der Waals surface area contributed by atoms with E-state index in [1.807, 2.05) is 32.9 Å². The normalized spacial score (nSPS) is 31.2. The molecule has 0 aromatic heterocycles. The molecule has 6 nitrogen and oxygen atoms in total. The predicted octanol–water partition coefficient (Wildman–Crippen LogP) is 5.07. The summed E-state index contributed by atoms with van der Waals surface area (Å²) < 4.78 is 5.51. The SMILES string of the molecule is CC(C)(C)OC(=O)N1CCc2cc(NC(=O)NC34CC5CC(CC(C5)C3)C4)ccc2C1. The van der Waals surface area contributed by atoms with E-state index in [0.717, 1.165) is 54.7 Å². The van der Waals surface area contributed by atoms with Crippen LogP contribution in [-0.2, 0) is 17.7 Å². The topological polar surface area (TPSA) is 70.7 Å². The Balaban J connectivity index is 1.20. The molecule has 168 valence electrons. The summed E-state index contributed by atoms with van der Waals surface area (Å²) in [6.45, 7) is 6.83. The first-order chi connectivity index (χ1) is 14.7. The second kappa shape index (κ2) is 7.42. The lowest BCUT2D eigenvalue weighted by Gasteiger charge is -2.56. The van der Waals surface area contributed by atoms with Crippen LogP contribution in [0.25, 0.3) is 0 Å². The maximum absolute atomic E-state index is 12.8. The molecule has 0 atom stereocenters. The van der Waals surface area contributed by atoms with Crippen molar-refractivity contribution in [1.82, 2.24) is 10.2 Å². The van der Waals surface area contributed by atoms with Crippen LogP contribution in [-0.4, -0.2) is 34.7 Å². The zero-order valence-corrected chi connectivity index (χ0v) is 19.0. The molecule has 4 aliphatic carbocycles. The number of hydrogen-bond acceptors (Lipinski definition) is 3. The lowest BCUT2D eigenvalue weighted by atomic mass is 9.53. The van der Waals surface area contributed by atoms with Crippen LogP contribution in [0.3, 0.4) is 0 Å². The lowest BCUT2D eigenvalue weighted by molar-refractivity contribution is -0.0127. The van der Waals surface area contributed by atoms with E-state index in [0.29, 0.717) is 13.1 Å². The quantitative estimate of drug-likeness (QED) is 0.695. The van der Waals surface area contributed by atoms with Crippen LogP contribution in [0, 0.1) is 17.8 Å². The zero-order valence-electron chi connectivity index (χ0n) is 19.0. The third-order valence-electron chi connectivity index (χ3n) is 7.55. The van der Waals surface area contributed by atoms with Crippen molar-refractivity contribution in [2.24, 2.45) is 17.8 Å². The molecule has 1 aliphatic heterocycles. The standard InChI is InChI=1S/C25H35N3O3/c1-24(2,3)31-23(30)28-7-6-19-11-21(5-4-20(19)15-28)26-22(29)27-25-12-16-8-17(13-25)10-18(9-16)14-25/h4-5,11,16-18H,6-10,12-15H2,1-3H3,(H2,26,27,29). The second-order valence-corrected chi connectivity index (χ2v) is 11.4. The van der Waals surface area contributed by atoms with E-state index < -0.39 is 5.60 Å². The fourth-order valence-electron chi connectivity index (χ4n) is 6.78. The monoisotopic (exact) mass is 425 g/mol. The van der Waals surface area contributed by atoms with E-state index in [4.69, 9.17) is 4.74 Å². The van der Waals surface area contributed by atoms with Crippen LogP contribution in [0.2, 0.25) is 0 Å². The summed E-state index contributed by atoms with van der Waals surface area (Å²) in [5, 5.41) is 6.45. The number of rotatable bonds is 2. The van der Waals surface area contributed by atoms with E-state index in [9.17, 15) is 9.59 Å². The molecule has 5 aliphatic rings. The minimum Gasteiger partial charge on any atom is -0.444 e. The van der Waals surface area contributed by atoms with Gasteiger partial charge in [0.2, 0.25) is 0 Å². The van der Waals surface area contributed by atoms with Crippen LogP contribution < -0.4 is 10.6 Å².